The van der Waals surface area contributed by atoms with Crippen molar-refractivity contribution in [1.29, 1.82) is 0 Å². The topological polar surface area (TPSA) is 66.0 Å². The zero-order valence-electron chi connectivity index (χ0n) is 15.5. The largest absolute Gasteiger partial charge is 0.493 e. The summed E-state index contributed by atoms with van der Waals surface area (Å²) in [6.45, 7) is 4.95. The molecule has 1 aliphatic rings. The lowest BCUT2D eigenvalue weighted by Gasteiger charge is -2.23. The molecule has 2 aromatic heterocycles. The molecule has 0 saturated heterocycles. The zero-order chi connectivity index (χ0) is 18.1. The fourth-order valence-electron chi connectivity index (χ4n) is 3.84. The maximum atomic E-state index is 5.74. The molecule has 0 fully saturated rings. The van der Waals surface area contributed by atoms with E-state index < -0.39 is 0 Å². The van der Waals surface area contributed by atoms with E-state index >= 15 is 0 Å². The van der Waals surface area contributed by atoms with Crippen molar-refractivity contribution in [2.75, 3.05) is 6.61 Å². The van der Waals surface area contributed by atoms with Crippen LogP contribution in [0.25, 0.3) is 0 Å². The first-order chi connectivity index (χ1) is 12.7. The Morgan fingerprint density at radius 1 is 1.19 bits per heavy atom. The van der Waals surface area contributed by atoms with Crippen molar-refractivity contribution >= 4 is 0 Å². The van der Waals surface area contributed by atoms with Crippen LogP contribution in [0.4, 0.5) is 0 Å². The molecule has 0 radical (unpaired) electrons. The van der Waals surface area contributed by atoms with Gasteiger partial charge in [-0.25, -0.2) is 0 Å². The van der Waals surface area contributed by atoms with Gasteiger partial charge in [-0.3, -0.25) is 4.68 Å². The van der Waals surface area contributed by atoms with Gasteiger partial charge in [0.25, 0.3) is 0 Å². The Labute approximate surface area is 153 Å². The highest BCUT2D eigenvalue weighted by atomic mass is 16.5. The van der Waals surface area contributed by atoms with E-state index in [-0.39, 0.29) is 5.92 Å². The quantitative estimate of drug-likeness (QED) is 0.704. The van der Waals surface area contributed by atoms with Gasteiger partial charge in [0.2, 0.25) is 5.89 Å². The molecule has 6 heteroatoms. The van der Waals surface area contributed by atoms with Crippen molar-refractivity contribution in [1.82, 2.24) is 19.9 Å². The van der Waals surface area contributed by atoms with Crippen LogP contribution >= 0.6 is 0 Å². The number of para-hydroxylation sites is 1. The second-order valence-electron chi connectivity index (χ2n) is 6.65. The van der Waals surface area contributed by atoms with Crippen LogP contribution in [0.1, 0.15) is 60.4 Å². The summed E-state index contributed by atoms with van der Waals surface area (Å²) in [6, 6.07) is 8.10. The maximum absolute atomic E-state index is 5.74. The minimum absolute atomic E-state index is 0.127. The lowest BCUT2D eigenvalue weighted by Crippen LogP contribution is -2.16. The Kier molecular flexibility index (Phi) is 4.49. The lowest BCUT2D eigenvalue weighted by molar-refractivity contribution is 0.272. The molecule has 1 aliphatic heterocycles. The first-order valence-corrected chi connectivity index (χ1v) is 9.29. The van der Waals surface area contributed by atoms with Crippen molar-refractivity contribution in [3.8, 4) is 5.75 Å². The summed E-state index contributed by atoms with van der Waals surface area (Å²) >= 11 is 0. The van der Waals surface area contributed by atoms with Crippen molar-refractivity contribution < 1.29 is 9.26 Å². The number of ether oxygens (including phenoxy) is 1. The summed E-state index contributed by atoms with van der Waals surface area (Å²) in [5.41, 5.74) is 4.70. The van der Waals surface area contributed by atoms with E-state index in [0.29, 0.717) is 18.9 Å². The van der Waals surface area contributed by atoms with Crippen molar-refractivity contribution in [2.24, 2.45) is 7.05 Å². The van der Waals surface area contributed by atoms with Crippen LogP contribution < -0.4 is 4.74 Å². The molecule has 0 bridgehead atoms. The number of benzene rings is 1. The number of nitrogens with zero attached hydrogens (tertiary/aromatic N) is 4. The third-order valence-corrected chi connectivity index (χ3v) is 5.11. The Morgan fingerprint density at radius 2 is 2.04 bits per heavy atom. The molecule has 0 amide bonds. The lowest BCUT2D eigenvalue weighted by atomic mass is 9.92. The number of rotatable bonds is 5. The molecule has 136 valence electrons. The Hall–Kier alpha value is -2.63. The maximum Gasteiger partial charge on any atom is 0.231 e. The summed E-state index contributed by atoms with van der Waals surface area (Å²) in [5, 5.41) is 8.92. The molecule has 0 aliphatic carbocycles. The fourth-order valence-corrected chi connectivity index (χ4v) is 3.84. The van der Waals surface area contributed by atoms with E-state index in [1.54, 1.807) is 0 Å². The van der Waals surface area contributed by atoms with Crippen LogP contribution in [-0.2, 0) is 26.3 Å². The van der Waals surface area contributed by atoms with E-state index in [0.717, 1.165) is 42.1 Å². The highest BCUT2D eigenvalue weighted by Gasteiger charge is 2.27. The van der Waals surface area contributed by atoms with Crippen molar-refractivity contribution in [2.45, 2.75) is 45.4 Å². The van der Waals surface area contributed by atoms with Gasteiger partial charge in [-0.05, 0) is 25.3 Å². The van der Waals surface area contributed by atoms with Crippen molar-refractivity contribution in [3.63, 3.8) is 0 Å². The smallest absolute Gasteiger partial charge is 0.231 e. The molecular formula is C20H24N4O2. The molecule has 0 spiro atoms. The van der Waals surface area contributed by atoms with Gasteiger partial charge in [0.15, 0.2) is 5.82 Å². The predicted octanol–water partition coefficient (Wildman–Crippen LogP) is 3.43. The fraction of sp³-hybridized carbons (Fsp3) is 0.450. The van der Waals surface area contributed by atoms with Crippen LogP contribution in [0.15, 0.2) is 28.8 Å². The van der Waals surface area contributed by atoms with E-state index in [1.807, 2.05) is 29.9 Å². The highest BCUT2D eigenvalue weighted by molar-refractivity contribution is 5.40. The van der Waals surface area contributed by atoms with Gasteiger partial charge in [-0.15, -0.1) is 0 Å². The van der Waals surface area contributed by atoms with Gasteiger partial charge in [0.1, 0.15) is 5.75 Å². The van der Waals surface area contributed by atoms with Gasteiger partial charge >= 0.3 is 0 Å². The average molecular weight is 352 g/mol. The Bertz CT molecular complexity index is 912. The molecular weight excluding hydrogens is 328 g/mol. The normalized spacial score (nSPS) is 16.3. The SMILES string of the molecule is CCc1nn(C)c(CC)c1Cc1nc(C2CCOc3ccccc32)no1. The third-order valence-electron chi connectivity index (χ3n) is 5.11. The molecule has 0 saturated carbocycles. The number of aryl methyl sites for hydroxylation is 2. The van der Waals surface area contributed by atoms with Crippen LogP contribution in [0, 0.1) is 0 Å². The third kappa shape index (κ3) is 2.89. The van der Waals surface area contributed by atoms with E-state index in [4.69, 9.17) is 14.2 Å². The number of fused-ring (bicyclic) bond motifs is 1. The predicted molar refractivity (Wildman–Crippen MR) is 97.5 cm³/mol. The summed E-state index contributed by atoms with van der Waals surface area (Å²) in [7, 11) is 2.00. The van der Waals surface area contributed by atoms with Crippen LogP contribution in [0.2, 0.25) is 0 Å². The minimum atomic E-state index is 0.127. The molecule has 26 heavy (non-hydrogen) atoms. The highest BCUT2D eigenvalue weighted by Crippen LogP contribution is 2.36. The van der Waals surface area contributed by atoms with E-state index in [2.05, 4.69) is 30.2 Å². The molecule has 0 N–H and O–H groups in total. The molecule has 3 aromatic rings. The van der Waals surface area contributed by atoms with Gasteiger partial charge in [-0.2, -0.15) is 10.1 Å². The summed E-state index contributed by atoms with van der Waals surface area (Å²) in [5.74, 6) is 2.45. The monoisotopic (exact) mass is 352 g/mol. The molecule has 1 atom stereocenters. The molecule has 6 nitrogen and oxygen atoms in total. The van der Waals surface area contributed by atoms with Crippen LogP contribution in [0.5, 0.6) is 5.75 Å². The Balaban J connectivity index is 1.63. The van der Waals surface area contributed by atoms with E-state index in [1.165, 1.54) is 11.3 Å². The van der Waals surface area contributed by atoms with Crippen molar-refractivity contribution in [3.05, 3.63) is 58.5 Å². The number of hydrogen-bond acceptors (Lipinski definition) is 5. The summed E-state index contributed by atoms with van der Waals surface area (Å²) in [4.78, 5) is 4.72. The van der Waals surface area contributed by atoms with Gasteiger partial charge in [0.05, 0.1) is 24.6 Å². The second kappa shape index (κ2) is 6.94. The molecule has 1 aromatic carbocycles. The minimum Gasteiger partial charge on any atom is -0.493 e. The van der Waals surface area contributed by atoms with Gasteiger partial charge in [-0.1, -0.05) is 37.2 Å². The summed E-state index contributed by atoms with van der Waals surface area (Å²) in [6.07, 6.45) is 3.34. The number of aromatic nitrogens is 4. The number of hydrogen-bond donors (Lipinski definition) is 0. The second-order valence-corrected chi connectivity index (χ2v) is 6.65. The Morgan fingerprint density at radius 3 is 2.85 bits per heavy atom. The van der Waals surface area contributed by atoms with Gasteiger partial charge in [0, 0.05) is 23.9 Å². The van der Waals surface area contributed by atoms with Gasteiger partial charge < -0.3 is 9.26 Å². The van der Waals surface area contributed by atoms with Crippen LogP contribution in [-0.4, -0.2) is 26.5 Å². The van der Waals surface area contributed by atoms with Crippen LogP contribution in [0.3, 0.4) is 0 Å². The first-order valence-electron chi connectivity index (χ1n) is 9.29. The zero-order valence-corrected chi connectivity index (χ0v) is 15.5. The first kappa shape index (κ1) is 16.8. The summed E-state index contributed by atoms with van der Waals surface area (Å²) < 4.78 is 13.3. The average Bonchev–Trinajstić information content (AvgIpc) is 3.25. The molecule has 3 heterocycles. The molecule has 4 rings (SSSR count). The standard InChI is InChI=1S/C20H24N4O2/c1-4-16-15(17(5-2)24(3)22-16)12-19-21-20(23-26-19)14-10-11-25-18-9-7-6-8-13(14)18/h6-9,14H,4-5,10-12H2,1-3H3. The molecule has 1 unspecified atom stereocenters. The van der Waals surface area contributed by atoms with E-state index in [9.17, 15) is 0 Å².